The lowest BCUT2D eigenvalue weighted by molar-refractivity contribution is -0.127. The largest absolute Gasteiger partial charge is 0.469 e. The Labute approximate surface area is 143 Å². The number of furan rings is 1. The topological polar surface area (TPSA) is 61.1 Å². The Morgan fingerprint density at radius 3 is 2.52 bits per heavy atom. The molecular formula is C14H25IN4O2. The second-order valence-corrected chi connectivity index (χ2v) is 4.82. The van der Waals surface area contributed by atoms with Gasteiger partial charge in [-0.25, -0.2) is 4.99 Å². The number of hydrogen-bond acceptors (Lipinski definition) is 3. The van der Waals surface area contributed by atoms with Crippen LogP contribution >= 0.6 is 24.0 Å². The SMILES string of the molecule is CCNC(=NCC(=O)N(C)C)N(C)Cc1ccoc1C.I. The number of carbonyl (C=O) groups is 1. The zero-order chi connectivity index (χ0) is 15.1. The summed E-state index contributed by atoms with van der Waals surface area (Å²) in [5, 5.41) is 3.18. The molecule has 0 aromatic carbocycles. The van der Waals surface area contributed by atoms with Gasteiger partial charge in [0.2, 0.25) is 5.91 Å². The Morgan fingerprint density at radius 1 is 1.38 bits per heavy atom. The van der Waals surface area contributed by atoms with E-state index < -0.39 is 0 Å². The van der Waals surface area contributed by atoms with Crippen LogP contribution in [0.15, 0.2) is 21.7 Å². The highest BCUT2D eigenvalue weighted by Crippen LogP contribution is 2.10. The van der Waals surface area contributed by atoms with Crippen molar-refractivity contribution >= 4 is 35.8 Å². The number of likely N-dealkylation sites (N-methyl/N-ethyl adjacent to an activating group) is 1. The monoisotopic (exact) mass is 408 g/mol. The Balaban J connectivity index is 0.00000400. The minimum atomic E-state index is -0.0201. The number of carbonyl (C=O) groups excluding carboxylic acids is 1. The highest BCUT2D eigenvalue weighted by Gasteiger charge is 2.11. The number of halogens is 1. The van der Waals surface area contributed by atoms with Gasteiger partial charge in [0.15, 0.2) is 5.96 Å². The van der Waals surface area contributed by atoms with Gasteiger partial charge in [0.1, 0.15) is 12.3 Å². The molecule has 0 aliphatic heterocycles. The van der Waals surface area contributed by atoms with Crippen molar-refractivity contribution in [3.63, 3.8) is 0 Å². The van der Waals surface area contributed by atoms with Gasteiger partial charge in [0.05, 0.1) is 6.26 Å². The molecule has 21 heavy (non-hydrogen) atoms. The molecule has 1 N–H and O–H groups in total. The minimum absolute atomic E-state index is 0. The number of amides is 1. The third-order valence-corrected chi connectivity index (χ3v) is 2.93. The summed E-state index contributed by atoms with van der Waals surface area (Å²) < 4.78 is 5.29. The molecule has 1 heterocycles. The second-order valence-electron chi connectivity index (χ2n) is 4.82. The summed E-state index contributed by atoms with van der Waals surface area (Å²) in [4.78, 5) is 19.5. The van der Waals surface area contributed by atoms with Gasteiger partial charge in [-0.2, -0.15) is 0 Å². The smallest absolute Gasteiger partial charge is 0.243 e. The summed E-state index contributed by atoms with van der Waals surface area (Å²) in [7, 11) is 5.39. The van der Waals surface area contributed by atoms with E-state index in [-0.39, 0.29) is 36.4 Å². The summed E-state index contributed by atoms with van der Waals surface area (Å²) in [5.41, 5.74) is 1.11. The van der Waals surface area contributed by atoms with Crippen molar-refractivity contribution in [2.24, 2.45) is 4.99 Å². The van der Waals surface area contributed by atoms with Crippen LogP contribution in [0.4, 0.5) is 0 Å². The minimum Gasteiger partial charge on any atom is -0.469 e. The number of aryl methyl sites for hydroxylation is 1. The van der Waals surface area contributed by atoms with Crippen molar-refractivity contribution in [1.82, 2.24) is 15.1 Å². The van der Waals surface area contributed by atoms with Gasteiger partial charge in [-0.15, -0.1) is 24.0 Å². The van der Waals surface area contributed by atoms with E-state index in [1.54, 1.807) is 20.4 Å². The lowest BCUT2D eigenvalue weighted by atomic mass is 10.2. The lowest BCUT2D eigenvalue weighted by Gasteiger charge is -2.22. The maximum atomic E-state index is 11.6. The van der Waals surface area contributed by atoms with Gasteiger partial charge in [-0.3, -0.25) is 4.79 Å². The molecule has 1 amide bonds. The van der Waals surface area contributed by atoms with Crippen LogP contribution in [-0.4, -0.2) is 55.9 Å². The average Bonchev–Trinajstić information content (AvgIpc) is 2.79. The van der Waals surface area contributed by atoms with Crippen LogP contribution in [-0.2, 0) is 11.3 Å². The highest BCUT2D eigenvalue weighted by molar-refractivity contribution is 14.0. The van der Waals surface area contributed by atoms with E-state index in [1.165, 1.54) is 4.90 Å². The molecule has 1 aromatic rings. The van der Waals surface area contributed by atoms with E-state index >= 15 is 0 Å². The van der Waals surface area contributed by atoms with E-state index in [2.05, 4.69) is 10.3 Å². The Bertz CT molecular complexity index is 471. The number of rotatable bonds is 5. The van der Waals surface area contributed by atoms with E-state index in [0.29, 0.717) is 12.5 Å². The zero-order valence-corrected chi connectivity index (χ0v) is 15.7. The molecule has 0 saturated heterocycles. The van der Waals surface area contributed by atoms with Crippen LogP contribution in [0.3, 0.4) is 0 Å². The van der Waals surface area contributed by atoms with Gasteiger partial charge in [-0.05, 0) is 19.9 Å². The van der Waals surface area contributed by atoms with Gasteiger partial charge < -0.3 is 19.5 Å². The van der Waals surface area contributed by atoms with Crippen molar-refractivity contribution in [1.29, 1.82) is 0 Å². The number of guanidine groups is 1. The Morgan fingerprint density at radius 2 is 2.05 bits per heavy atom. The fourth-order valence-electron chi connectivity index (χ4n) is 1.66. The van der Waals surface area contributed by atoms with Crippen molar-refractivity contribution in [3.8, 4) is 0 Å². The predicted octanol–water partition coefficient (Wildman–Crippen LogP) is 1.69. The maximum Gasteiger partial charge on any atom is 0.243 e. The molecule has 120 valence electrons. The summed E-state index contributed by atoms with van der Waals surface area (Å²) in [6, 6.07) is 1.94. The normalized spacial score (nSPS) is 10.8. The molecule has 0 fully saturated rings. The number of hydrogen-bond donors (Lipinski definition) is 1. The standard InChI is InChI=1S/C14H24N4O2.HI/c1-6-15-14(16-9-13(19)17(3)4)18(5)10-12-7-8-20-11(12)2;/h7-8H,6,9-10H2,1-5H3,(H,15,16);1H. The van der Waals surface area contributed by atoms with Crippen LogP contribution in [0, 0.1) is 6.92 Å². The fourth-order valence-corrected chi connectivity index (χ4v) is 1.66. The summed E-state index contributed by atoms with van der Waals surface area (Å²) >= 11 is 0. The molecule has 0 unspecified atom stereocenters. The van der Waals surface area contributed by atoms with Gasteiger partial charge in [0, 0.05) is 39.8 Å². The number of aliphatic imine (C=N–C) groups is 1. The van der Waals surface area contributed by atoms with Gasteiger partial charge in [-0.1, -0.05) is 0 Å². The van der Waals surface area contributed by atoms with Crippen LogP contribution < -0.4 is 5.32 Å². The van der Waals surface area contributed by atoms with E-state index in [4.69, 9.17) is 4.42 Å². The molecule has 1 aromatic heterocycles. The first-order valence-electron chi connectivity index (χ1n) is 6.68. The quantitative estimate of drug-likeness (QED) is 0.458. The maximum absolute atomic E-state index is 11.6. The molecule has 0 atom stereocenters. The molecule has 1 rings (SSSR count). The Kier molecular flexibility index (Phi) is 9.07. The van der Waals surface area contributed by atoms with Crippen molar-refractivity contribution in [2.75, 3.05) is 34.2 Å². The molecule has 0 aliphatic rings. The van der Waals surface area contributed by atoms with Crippen LogP contribution in [0.2, 0.25) is 0 Å². The van der Waals surface area contributed by atoms with Crippen molar-refractivity contribution in [3.05, 3.63) is 23.7 Å². The third-order valence-electron chi connectivity index (χ3n) is 2.93. The number of nitrogens with one attached hydrogen (secondary N) is 1. The summed E-state index contributed by atoms with van der Waals surface area (Å²) in [5.74, 6) is 1.59. The lowest BCUT2D eigenvalue weighted by Crippen LogP contribution is -2.39. The molecule has 0 bridgehead atoms. The first-order chi connectivity index (χ1) is 9.45. The fraction of sp³-hybridized carbons (Fsp3) is 0.571. The number of nitrogens with zero attached hydrogens (tertiary/aromatic N) is 3. The average molecular weight is 408 g/mol. The van der Waals surface area contributed by atoms with Crippen LogP contribution in [0.5, 0.6) is 0 Å². The van der Waals surface area contributed by atoms with E-state index in [1.807, 2.05) is 31.9 Å². The molecule has 0 spiro atoms. The van der Waals surface area contributed by atoms with E-state index in [9.17, 15) is 4.79 Å². The van der Waals surface area contributed by atoms with Gasteiger partial charge in [0.25, 0.3) is 0 Å². The van der Waals surface area contributed by atoms with Gasteiger partial charge >= 0.3 is 0 Å². The first kappa shape index (κ1) is 19.8. The van der Waals surface area contributed by atoms with Crippen molar-refractivity contribution < 1.29 is 9.21 Å². The Hall–Kier alpha value is -1.25. The predicted molar refractivity (Wildman–Crippen MR) is 95.0 cm³/mol. The first-order valence-corrected chi connectivity index (χ1v) is 6.68. The summed E-state index contributed by atoms with van der Waals surface area (Å²) in [6.45, 7) is 5.51. The molecule has 7 heteroatoms. The van der Waals surface area contributed by atoms with Crippen LogP contribution in [0.1, 0.15) is 18.2 Å². The molecule has 0 aliphatic carbocycles. The van der Waals surface area contributed by atoms with Crippen molar-refractivity contribution in [2.45, 2.75) is 20.4 Å². The third kappa shape index (κ3) is 6.36. The highest BCUT2D eigenvalue weighted by atomic mass is 127. The molecule has 6 nitrogen and oxygen atoms in total. The summed E-state index contributed by atoms with van der Waals surface area (Å²) in [6.07, 6.45) is 1.68. The zero-order valence-electron chi connectivity index (χ0n) is 13.3. The second kappa shape index (κ2) is 9.64. The van der Waals surface area contributed by atoms with Crippen LogP contribution in [0.25, 0.3) is 0 Å². The molecule has 0 radical (unpaired) electrons. The molecule has 0 saturated carbocycles. The van der Waals surface area contributed by atoms with E-state index in [0.717, 1.165) is 17.9 Å². The molecular weight excluding hydrogens is 383 g/mol.